The maximum absolute atomic E-state index is 10.4. The van der Waals surface area contributed by atoms with E-state index >= 15 is 0 Å². The minimum absolute atomic E-state index is 0.261. The number of unbranched alkanes of at least 4 members (excludes halogenated alkanes) is 2. The van der Waals surface area contributed by atoms with E-state index < -0.39 is 0 Å². The first-order chi connectivity index (χ1) is 8.13. The molecule has 0 aliphatic carbocycles. The Morgan fingerprint density at radius 2 is 1.24 bits per heavy atom. The van der Waals surface area contributed by atoms with E-state index in [0.29, 0.717) is 13.2 Å². The third-order valence-electron chi connectivity index (χ3n) is 1.84. The molecule has 0 aliphatic rings. The fourth-order valence-corrected chi connectivity index (χ4v) is 1.06. The van der Waals surface area contributed by atoms with Crippen LogP contribution in [0.3, 0.4) is 0 Å². The van der Waals surface area contributed by atoms with Crippen LogP contribution in [-0.2, 0) is 19.1 Å². The zero-order valence-electron chi connectivity index (χ0n) is 10.5. The third kappa shape index (κ3) is 14.4. The predicted molar refractivity (Wildman–Crippen MR) is 65.4 cm³/mol. The number of ether oxygens (including phenoxy) is 2. The molecule has 0 saturated carbocycles. The van der Waals surface area contributed by atoms with E-state index in [-0.39, 0.29) is 11.9 Å². The lowest BCUT2D eigenvalue weighted by molar-refractivity contribution is -0.140. The van der Waals surface area contributed by atoms with Crippen LogP contribution < -0.4 is 0 Å². The molecule has 0 atom stereocenters. The van der Waals surface area contributed by atoms with Gasteiger partial charge in [-0.25, -0.2) is 0 Å². The van der Waals surface area contributed by atoms with Gasteiger partial charge in [0.25, 0.3) is 0 Å². The highest BCUT2D eigenvalue weighted by atomic mass is 16.5. The summed E-state index contributed by atoms with van der Waals surface area (Å²) in [6.45, 7) is 3.47. The zero-order chi connectivity index (χ0) is 12.9. The predicted octanol–water partition coefficient (Wildman–Crippen LogP) is 2.40. The molecule has 0 aromatic carbocycles. The number of hydrogen-bond donors (Lipinski definition) is 0. The summed E-state index contributed by atoms with van der Waals surface area (Å²) in [6.07, 6.45) is 10.6. The van der Waals surface area contributed by atoms with E-state index in [2.05, 4.69) is 0 Å². The van der Waals surface area contributed by atoms with Gasteiger partial charge in [0.1, 0.15) is 13.2 Å². The molecule has 0 fully saturated rings. The molecule has 0 radical (unpaired) electrons. The summed E-state index contributed by atoms with van der Waals surface area (Å²) in [5.74, 6) is -0.522. The lowest BCUT2D eigenvalue weighted by Gasteiger charge is -1.95. The van der Waals surface area contributed by atoms with Crippen LogP contribution in [0, 0.1) is 0 Å². The van der Waals surface area contributed by atoms with Gasteiger partial charge in [-0.1, -0.05) is 24.3 Å². The summed E-state index contributed by atoms with van der Waals surface area (Å²) in [5, 5.41) is 0. The number of carbonyl (C=O) groups is 2. The molecule has 96 valence electrons. The van der Waals surface area contributed by atoms with Crippen LogP contribution in [0.4, 0.5) is 0 Å². The first-order valence-corrected chi connectivity index (χ1v) is 5.69. The van der Waals surface area contributed by atoms with Crippen molar-refractivity contribution < 1.29 is 19.1 Å². The average molecular weight is 240 g/mol. The van der Waals surface area contributed by atoms with Crippen molar-refractivity contribution in [3.05, 3.63) is 24.3 Å². The zero-order valence-corrected chi connectivity index (χ0v) is 10.5. The van der Waals surface area contributed by atoms with Gasteiger partial charge in [-0.15, -0.1) is 0 Å². The second-order valence-corrected chi connectivity index (χ2v) is 3.48. The van der Waals surface area contributed by atoms with Crippen molar-refractivity contribution in [1.82, 2.24) is 0 Å². The molecule has 0 aromatic heterocycles. The highest BCUT2D eigenvalue weighted by molar-refractivity contribution is 5.66. The van der Waals surface area contributed by atoms with Gasteiger partial charge in [0, 0.05) is 13.8 Å². The minimum atomic E-state index is -0.261. The van der Waals surface area contributed by atoms with Gasteiger partial charge in [-0.05, 0) is 19.3 Å². The SMILES string of the molecule is CC(=O)OCC=CCCCC=CCOC(C)=O. The molecule has 4 nitrogen and oxygen atoms in total. The summed E-state index contributed by atoms with van der Waals surface area (Å²) in [7, 11) is 0. The molecule has 0 saturated heterocycles. The number of allylic oxidation sites excluding steroid dienone is 2. The van der Waals surface area contributed by atoms with Crippen LogP contribution in [-0.4, -0.2) is 25.2 Å². The number of hydrogen-bond acceptors (Lipinski definition) is 4. The van der Waals surface area contributed by atoms with Gasteiger partial charge in [-0.3, -0.25) is 9.59 Å². The molecule has 0 heterocycles. The molecular weight excluding hydrogens is 220 g/mol. The van der Waals surface area contributed by atoms with Crippen LogP contribution in [0.15, 0.2) is 24.3 Å². The molecule has 0 aliphatic heterocycles. The summed E-state index contributed by atoms with van der Waals surface area (Å²) >= 11 is 0. The first kappa shape index (κ1) is 15.4. The molecule has 0 aromatic rings. The van der Waals surface area contributed by atoms with Gasteiger partial charge in [0.2, 0.25) is 0 Å². The topological polar surface area (TPSA) is 52.6 Å². The van der Waals surface area contributed by atoms with E-state index in [9.17, 15) is 9.59 Å². The van der Waals surface area contributed by atoms with Crippen molar-refractivity contribution in [2.24, 2.45) is 0 Å². The number of esters is 2. The highest BCUT2D eigenvalue weighted by Crippen LogP contribution is 1.98. The Bertz CT molecular complexity index is 251. The number of rotatable bonds is 8. The quantitative estimate of drug-likeness (QED) is 0.371. The van der Waals surface area contributed by atoms with Gasteiger partial charge in [0.05, 0.1) is 0 Å². The Hall–Kier alpha value is -1.58. The molecule has 0 amide bonds. The third-order valence-corrected chi connectivity index (χ3v) is 1.84. The van der Waals surface area contributed by atoms with Crippen LogP contribution in [0.5, 0.6) is 0 Å². The summed E-state index contributed by atoms with van der Waals surface area (Å²) in [6, 6.07) is 0. The Labute approximate surface area is 102 Å². The molecule has 0 spiro atoms. The van der Waals surface area contributed by atoms with Crippen molar-refractivity contribution in [2.45, 2.75) is 33.1 Å². The van der Waals surface area contributed by atoms with E-state index in [0.717, 1.165) is 19.3 Å². The van der Waals surface area contributed by atoms with E-state index in [1.165, 1.54) is 13.8 Å². The molecule has 0 bridgehead atoms. The monoisotopic (exact) mass is 240 g/mol. The van der Waals surface area contributed by atoms with Gasteiger partial charge < -0.3 is 9.47 Å². The lowest BCUT2D eigenvalue weighted by atomic mass is 10.2. The van der Waals surface area contributed by atoms with Crippen molar-refractivity contribution in [2.75, 3.05) is 13.2 Å². The normalized spacial score (nSPS) is 10.9. The van der Waals surface area contributed by atoms with Crippen molar-refractivity contribution in [3.63, 3.8) is 0 Å². The van der Waals surface area contributed by atoms with E-state index in [1.54, 1.807) is 0 Å². The van der Waals surface area contributed by atoms with E-state index in [1.807, 2.05) is 24.3 Å². The Morgan fingerprint density at radius 1 is 0.824 bits per heavy atom. The Morgan fingerprint density at radius 3 is 1.59 bits per heavy atom. The van der Waals surface area contributed by atoms with Gasteiger partial charge in [0.15, 0.2) is 0 Å². The first-order valence-electron chi connectivity index (χ1n) is 5.69. The summed E-state index contributed by atoms with van der Waals surface area (Å²) in [4.78, 5) is 20.9. The minimum Gasteiger partial charge on any atom is -0.462 e. The van der Waals surface area contributed by atoms with Crippen molar-refractivity contribution in [1.29, 1.82) is 0 Å². The maximum atomic E-state index is 10.4. The molecule has 0 N–H and O–H groups in total. The van der Waals surface area contributed by atoms with Crippen molar-refractivity contribution in [3.8, 4) is 0 Å². The maximum Gasteiger partial charge on any atom is 0.302 e. The summed E-state index contributed by atoms with van der Waals surface area (Å²) < 4.78 is 9.47. The fourth-order valence-electron chi connectivity index (χ4n) is 1.06. The lowest BCUT2D eigenvalue weighted by Crippen LogP contribution is -1.97. The number of carbonyl (C=O) groups excluding carboxylic acids is 2. The largest absolute Gasteiger partial charge is 0.462 e. The van der Waals surface area contributed by atoms with Crippen LogP contribution >= 0.6 is 0 Å². The van der Waals surface area contributed by atoms with Gasteiger partial charge >= 0.3 is 11.9 Å². The fraction of sp³-hybridized carbons (Fsp3) is 0.538. The highest BCUT2D eigenvalue weighted by Gasteiger charge is 1.88. The van der Waals surface area contributed by atoms with Crippen LogP contribution in [0.2, 0.25) is 0 Å². The van der Waals surface area contributed by atoms with Gasteiger partial charge in [-0.2, -0.15) is 0 Å². The molecule has 4 heteroatoms. The molecule has 17 heavy (non-hydrogen) atoms. The van der Waals surface area contributed by atoms with Crippen LogP contribution in [0.25, 0.3) is 0 Å². The van der Waals surface area contributed by atoms with Crippen molar-refractivity contribution >= 4 is 11.9 Å². The standard InChI is InChI=1S/C13H20O4/c1-12(14)16-10-8-6-4-3-5-7-9-11-17-13(2)15/h6-9H,3-5,10-11H2,1-2H3. The van der Waals surface area contributed by atoms with Crippen LogP contribution in [0.1, 0.15) is 33.1 Å². The molecule has 0 unspecified atom stereocenters. The average Bonchev–Trinajstić information content (AvgIpc) is 2.25. The second kappa shape index (κ2) is 10.9. The Balaban J connectivity index is 3.28. The van der Waals surface area contributed by atoms with E-state index in [4.69, 9.17) is 9.47 Å². The smallest absolute Gasteiger partial charge is 0.302 e. The Kier molecular flexibility index (Phi) is 9.91. The second-order valence-electron chi connectivity index (χ2n) is 3.48. The summed E-state index contributed by atoms with van der Waals surface area (Å²) in [5.41, 5.74) is 0. The molecular formula is C13H20O4. The molecule has 0 rings (SSSR count).